The molecule has 2 fully saturated rings. The standard InChI is InChI=1S/C23H26F2N4O3S/c24-15-3-4-20(25)18(12-15)21-2-1-8-28(21)17-5-9-29-22(13-17)19(14-26-29)23(30)27-16-6-10-33(31,32)11-7-16/h3-5,9,12-14,16,21,31-32H,1-2,6-8,10-11H2,(H,27,30). The van der Waals surface area contributed by atoms with Crippen molar-refractivity contribution in [1.29, 1.82) is 0 Å². The van der Waals surface area contributed by atoms with Crippen molar-refractivity contribution in [2.75, 3.05) is 23.0 Å². The molecule has 3 aromatic rings. The van der Waals surface area contributed by atoms with Crippen LogP contribution in [0.5, 0.6) is 0 Å². The second kappa shape index (κ2) is 8.58. The minimum absolute atomic E-state index is 0.116. The molecule has 2 aliphatic heterocycles. The molecule has 1 unspecified atom stereocenters. The van der Waals surface area contributed by atoms with Gasteiger partial charge in [0.15, 0.2) is 0 Å². The van der Waals surface area contributed by atoms with Crippen LogP contribution in [0.15, 0.2) is 42.7 Å². The number of benzene rings is 1. The van der Waals surface area contributed by atoms with Crippen molar-refractivity contribution >= 4 is 27.7 Å². The van der Waals surface area contributed by atoms with E-state index in [9.17, 15) is 22.7 Å². The Morgan fingerprint density at radius 1 is 1.12 bits per heavy atom. The third kappa shape index (κ3) is 4.42. The lowest BCUT2D eigenvalue weighted by atomic mass is 10.0. The van der Waals surface area contributed by atoms with Gasteiger partial charge in [0.1, 0.15) is 11.6 Å². The summed E-state index contributed by atoms with van der Waals surface area (Å²) in [4.78, 5) is 15.0. The summed E-state index contributed by atoms with van der Waals surface area (Å²) in [5.41, 5.74) is 2.19. The second-order valence-electron chi connectivity index (χ2n) is 8.75. The smallest absolute Gasteiger partial charge is 0.255 e. The number of rotatable bonds is 4. The molecule has 7 nitrogen and oxygen atoms in total. The average Bonchev–Trinajstić information content (AvgIpc) is 3.43. The molecule has 3 N–H and O–H groups in total. The molecule has 2 aliphatic rings. The number of amides is 1. The Bertz CT molecular complexity index is 1190. The molecule has 4 heterocycles. The Morgan fingerprint density at radius 2 is 1.91 bits per heavy atom. The molecule has 1 amide bonds. The molecule has 2 aromatic heterocycles. The molecular weight excluding hydrogens is 450 g/mol. The number of fused-ring (bicyclic) bond motifs is 1. The molecule has 0 bridgehead atoms. The highest BCUT2D eigenvalue weighted by atomic mass is 32.3. The maximum absolute atomic E-state index is 14.5. The first-order valence-electron chi connectivity index (χ1n) is 11.0. The number of nitrogens with zero attached hydrogens (tertiary/aromatic N) is 3. The van der Waals surface area contributed by atoms with E-state index in [1.165, 1.54) is 12.3 Å². The molecule has 5 rings (SSSR count). The zero-order valence-electron chi connectivity index (χ0n) is 18.0. The van der Waals surface area contributed by atoms with Gasteiger partial charge in [-0.2, -0.15) is 15.7 Å². The SMILES string of the molecule is O=C(NC1CCS(O)(O)CC1)c1cnn2ccc(N3CCCC3c3cc(F)ccc3F)cc12. The third-order valence-electron chi connectivity index (χ3n) is 6.57. The number of pyridine rings is 1. The average molecular weight is 477 g/mol. The lowest BCUT2D eigenvalue weighted by Gasteiger charge is -2.39. The van der Waals surface area contributed by atoms with Crippen LogP contribution >= 0.6 is 10.6 Å². The maximum atomic E-state index is 14.5. The van der Waals surface area contributed by atoms with Crippen LogP contribution in [0.4, 0.5) is 14.5 Å². The van der Waals surface area contributed by atoms with E-state index in [1.54, 1.807) is 10.7 Å². The van der Waals surface area contributed by atoms with E-state index >= 15 is 0 Å². The van der Waals surface area contributed by atoms with Gasteiger partial charge in [-0.1, -0.05) is 0 Å². The molecule has 1 atom stereocenters. The van der Waals surface area contributed by atoms with Gasteiger partial charge in [-0.25, -0.2) is 13.3 Å². The molecule has 0 spiro atoms. The molecular formula is C23H26F2N4O3S. The van der Waals surface area contributed by atoms with Gasteiger partial charge in [0.05, 0.1) is 23.3 Å². The number of halogens is 2. The van der Waals surface area contributed by atoms with E-state index < -0.39 is 22.2 Å². The highest BCUT2D eigenvalue weighted by Gasteiger charge is 2.30. The van der Waals surface area contributed by atoms with Crippen molar-refractivity contribution in [2.24, 2.45) is 0 Å². The van der Waals surface area contributed by atoms with Crippen LogP contribution in [0, 0.1) is 11.6 Å². The molecule has 176 valence electrons. The van der Waals surface area contributed by atoms with Crippen molar-refractivity contribution in [1.82, 2.24) is 14.9 Å². The topological polar surface area (TPSA) is 90.1 Å². The van der Waals surface area contributed by atoms with Gasteiger partial charge in [-0.15, -0.1) is 0 Å². The van der Waals surface area contributed by atoms with Crippen LogP contribution in [0.1, 0.15) is 47.6 Å². The number of carbonyl (C=O) groups excluding carboxylic acids is 1. The van der Waals surface area contributed by atoms with Gasteiger partial charge >= 0.3 is 0 Å². The fraction of sp³-hybridized carbons (Fsp3) is 0.391. The number of hydrogen-bond donors (Lipinski definition) is 3. The Morgan fingerprint density at radius 3 is 2.70 bits per heavy atom. The van der Waals surface area contributed by atoms with Crippen molar-refractivity contribution in [3.8, 4) is 0 Å². The summed E-state index contributed by atoms with van der Waals surface area (Å²) < 4.78 is 49.5. The van der Waals surface area contributed by atoms with Gasteiger partial charge < -0.3 is 10.2 Å². The number of carbonyl (C=O) groups is 1. The lowest BCUT2D eigenvalue weighted by Crippen LogP contribution is -2.39. The molecule has 10 heteroatoms. The number of aromatic nitrogens is 2. The number of nitrogens with one attached hydrogen (secondary N) is 1. The van der Waals surface area contributed by atoms with Gasteiger partial charge in [0.25, 0.3) is 5.91 Å². The quantitative estimate of drug-likeness (QED) is 0.512. The van der Waals surface area contributed by atoms with E-state index in [-0.39, 0.29) is 18.0 Å². The van der Waals surface area contributed by atoms with Crippen LogP contribution in [-0.2, 0) is 0 Å². The van der Waals surface area contributed by atoms with E-state index in [1.807, 2.05) is 17.0 Å². The molecule has 33 heavy (non-hydrogen) atoms. The van der Waals surface area contributed by atoms with Gasteiger partial charge in [-0.3, -0.25) is 13.9 Å². The zero-order valence-corrected chi connectivity index (χ0v) is 18.8. The Balaban J connectivity index is 1.40. The van der Waals surface area contributed by atoms with Crippen LogP contribution < -0.4 is 10.2 Å². The summed E-state index contributed by atoms with van der Waals surface area (Å²) in [6.07, 6.45) is 5.87. The predicted molar refractivity (Wildman–Crippen MR) is 124 cm³/mol. The molecule has 0 aliphatic carbocycles. The van der Waals surface area contributed by atoms with E-state index in [4.69, 9.17) is 0 Å². The Kier molecular flexibility index (Phi) is 5.75. The molecule has 0 radical (unpaired) electrons. The first kappa shape index (κ1) is 22.1. The monoisotopic (exact) mass is 476 g/mol. The summed E-state index contributed by atoms with van der Waals surface area (Å²) >= 11 is 0. The first-order chi connectivity index (χ1) is 15.8. The van der Waals surface area contributed by atoms with Crippen molar-refractivity contribution in [2.45, 2.75) is 37.8 Å². The van der Waals surface area contributed by atoms with Crippen molar-refractivity contribution in [3.05, 3.63) is 65.5 Å². The summed E-state index contributed by atoms with van der Waals surface area (Å²) in [6.45, 7) is 0.695. The minimum Gasteiger partial charge on any atom is -0.364 e. The third-order valence-corrected chi connectivity index (χ3v) is 8.35. The first-order valence-corrected chi connectivity index (χ1v) is 12.9. The van der Waals surface area contributed by atoms with Gasteiger partial charge in [0, 0.05) is 41.5 Å². The zero-order chi connectivity index (χ0) is 23.2. The summed E-state index contributed by atoms with van der Waals surface area (Å²) in [5, 5.41) is 7.26. The number of hydrogen-bond acceptors (Lipinski definition) is 5. The van der Waals surface area contributed by atoms with Crippen LogP contribution in [0.2, 0.25) is 0 Å². The van der Waals surface area contributed by atoms with E-state index in [0.29, 0.717) is 54.0 Å². The molecule has 0 saturated carbocycles. The summed E-state index contributed by atoms with van der Waals surface area (Å²) in [7, 11) is -2.51. The number of anilines is 1. The molecule has 1 aromatic carbocycles. The fourth-order valence-electron chi connectivity index (χ4n) is 4.81. The van der Waals surface area contributed by atoms with Crippen molar-refractivity contribution in [3.63, 3.8) is 0 Å². The van der Waals surface area contributed by atoms with Gasteiger partial charge in [-0.05, 0) is 56.0 Å². The maximum Gasteiger partial charge on any atom is 0.255 e. The minimum atomic E-state index is -2.51. The van der Waals surface area contributed by atoms with Gasteiger partial charge in [0.2, 0.25) is 0 Å². The highest BCUT2D eigenvalue weighted by Crippen LogP contribution is 2.44. The molecule has 2 saturated heterocycles. The van der Waals surface area contributed by atoms with E-state index in [0.717, 1.165) is 24.2 Å². The largest absolute Gasteiger partial charge is 0.364 e. The highest BCUT2D eigenvalue weighted by molar-refractivity contribution is 8.24. The predicted octanol–water partition coefficient (Wildman–Crippen LogP) is 4.60. The van der Waals surface area contributed by atoms with Crippen molar-refractivity contribution < 1.29 is 22.7 Å². The lowest BCUT2D eigenvalue weighted by molar-refractivity contribution is 0.0935. The fourth-order valence-corrected chi connectivity index (χ4v) is 6.34. The van der Waals surface area contributed by atoms with Crippen LogP contribution in [-0.4, -0.2) is 48.7 Å². The summed E-state index contributed by atoms with van der Waals surface area (Å²) in [5.74, 6) is -0.566. The Labute approximate surface area is 191 Å². The Hall–Kier alpha value is -2.69. The van der Waals surface area contributed by atoms with E-state index in [2.05, 4.69) is 10.4 Å². The normalized spacial score (nSPS) is 21.9. The second-order valence-corrected chi connectivity index (χ2v) is 11.2. The van der Waals surface area contributed by atoms with Crippen LogP contribution in [0.25, 0.3) is 5.52 Å². The summed E-state index contributed by atoms with van der Waals surface area (Å²) in [6, 6.07) is 6.86. The van der Waals surface area contributed by atoms with Crippen LogP contribution in [0.3, 0.4) is 0 Å².